The van der Waals surface area contributed by atoms with Gasteiger partial charge in [-0.2, -0.15) is 0 Å². The van der Waals surface area contributed by atoms with Crippen LogP contribution in [0.1, 0.15) is 38.2 Å². The first kappa shape index (κ1) is 14.5. The molecule has 0 saturated heterocycles. The van der Waals surface area contributed by atoms with E-state index in [-0.39, 0.29) is 5.91 Å². The van der Waals surface area contributed by atoms with Crippen molar-refractivity contribution in [2.24, 2.45) is 0 Å². The van der Waals surface area contributed by atoms with Crippen LogP contribution in [0.25, 0.3) is 0 Å². The highest BCUT2D eigenvalue weighted by Gasteiger charge is 2.02. The molecule has 4 heteroatoms. The number of nitrogens with one attached hydrogen (secondary N) is 2. The van der Waals surface area contributed by atoms with Crippen LogP contribution in [0.15, 0.2) is 24.3 Å². The van der Waals surface area contributed by atoms with Gasteiger partial charge in [0.25, 0.3) is 0 Å². The number of hydrazine groups is 1. The normalized spacial score (nSPS) is 10.4. The number of rotatable bonds is 7. The molecule has 2 N–H and O–H groups in total. The lowest BCUT2D eigenvalue weighted by Crippen LogP contribution is -2.34. The minimum atomic E-state index is -0.0166. The summed E-state index contributed by atoms with van der Waals surface area (Å²) in [7, 11) is 1.67. The largest absolute Gasteiger partial charge is 0.494 e. The van der Waals surface area contributed by atoms with E-state index in [1.54, 1.807) is 7.05 Å². The summed E-state index contributed by atoms with van der Waals surface area (Å²) in [5, 5.41) is 0. The molecule has 0 bridgehead atoms. The number of ether oxygens (including phenoxy) is 1. The standard InChI is InChI=1S/C14H22N2O2/c1-11(2)12-6-4-7-13(10-12)18-9-5-8-14(17)16-15-3/h4,6-7,10-11,15H,5,8-9H2,1-3H3,(H,16,17). The highest BCUT2D eigenvalue weighted by molar-refractivity contribution is 5.75. The van der Waals surface area contributed by atoms with E-state index in [4.69, 9.17) is 4.74 Å². The number of amides is 1. The Morgan fingerprint density at radius 3 is 2.83 bits per heavy atom. The number of benzene rings is 1. The number of carbonyl (C=O) groups is 1. The van der Waals surface area contributed by atoms with Crippen molar-refractivity contribution in [3.63, 3.8) is 0 Å². The highest BCUT2D eigenvalue weighted by Crippen LogP contribution is 2.20. The second-order valence-corrected chi connectivity index (χ2v) is 4.48. The maximum atomic E-state index is 11.2. The molecule has 100 valence electrons. The molecular formula is C14H22N2O2. The van der Waals surface area contributed by atoms with Gasteiger partial charge in [-0.3, -0.25) is 10.2 Å². The Balaban J connectivity index is 2.31. The van der Waals surface area contributed by atoms with Crippen molar-refractivity contribution in [3.05, 3.63) is 29.8 Å². The molecule has 0 radical (unpaired) electrons. The van der Waals surface area contributed by atoms with Gasteiger partial charge in [-0.25, -0.2) is 5.43 Å². The number of carbonyl (C=O) groups excluding carboxylic acids is 1. The molecule has 4 nitrogen and oxygen atoms in total. The predicted octanol–water partition coefficient (Wildman–Crippen LogP) is 2.22. The zero-order chi connectivity index (χ0) is 13.4. The maximum absolute atomic E-state index is 11.2. The lowest BCUT2D eigenvalue weighted by Gasteiger charge is -2.10. The van der Waals surface area contributed by atoms with Crippen molar-refractivity contribution >= 4 is 5.91 Å². The van der Waals surface area contributed by atoms with Crippen molar-refractivity contribution in [2.75, 3.05) is 13.7 Å². The fraction of sp³-hybridized carbons (Fsp3) is 0.500. The molecule has 0 aliphatic rings. The molecule has 0 saturated carbocycles. The number of hydrogen-bond donors (Lipinski definition) is 2. The van der Waals surface area contributed by atoms with Gasteiger partial charge in [0.1, 0.15) is 5.75 Å². The van der Waals surface area contributed by atoms with Gasteiger partial charge in [0.2, 0.25) is 5.91 Å². The number of hydrogen-bond acceptors (Lipinski definition) is 3. The van der Waals surface area contributed by atoms with Crippen LogP contribution in [0.2, 0.25) is 0 Å². The highest BCUT2D eigenvalue weighted by atomic mass is 16.5. The van der Waals surface area contributed by atoms with Crippen molar-refractivity contribution in [2.45, 2.75) is 32.6 Å². The van der Waals surface area contributed by atoms with E-state index in [9.17, 15) is 4.79 Å². The van der Waals surface area contributed by atoms with Gasteiger partial charge in [0, 0.05) is 13.5 Å². The molecule has 0 aliphatic heterocycles. The Bertz CT molecular complexity index is 378. The lowest BCUT2D eigenvalue weighted by molar-refractivity contribution is -0.122. The van der Waals surface area contributed by atoms with Crippen LogP contribution < -0.4 is 15.6 Å². The van der Waals surface area contributed by atoms with E-state index < -0.39 is 0 Å². The van der Waals surface area contributed by atoms with Crippen LogP contribution in [0.5, 0.6) is 5.75 Å². The molecule has 0 aromatic heterocycles. The Hall–Kier alpha value is -1.55. The average Bonchev–Trinajstić information content (AvgIpc) is 2.35. The van der Waals surface area contributed by atoms with E-state index in [0.29, 0.717) is 25.4 Å². The van der Waals surface area contributed by atoms with Gasteiger partial charge in [-0.05, 0) is 30.0 Å². The van der Waals surface area contributed by atoms with Crippen molar-refractivity contribution in [1.29, 1.82) is 0 Å². The zero-order valence-electron chi connectivity index (χ0n) is 11.3. The Morgan fingerprint density at radius 2 is 2.17 bits per heavy atom. The SMILES string of the molecule is CNNC(=O)CCCOc1cccc(C(C)C)c1. The molecular weight excluding hydrogens is 228 g/mol. The summed E-state index contributed by atoms with van der Waals surface area (Å²) in [6, 6.07) is 8.09. The molecule has 1 aromatic carbocycles. The van der Waals surface area contributed by atoms with Crippen molar-refractivity contribution in [3.8, 4) is 5.75 Å². The maximum Gasteiger partial charge on any atom is 0.234 e. The summed E-state index contributed by atoms with van der Waals surface area (Å²) in [5.74, 6) is 1.35. The third kappa shape index (κ3) is 5.19. The minimum absolute atomic E-state index is 0.0166. The van der Waals surface area contributed by atoms with Crippen molar-refractivity contribution < 1.29 is 9.53 Å². The third-order valence-electron chi connectivity index (χ3n) is 2.61. The van der Waals surface area contributed by atoms with Crippen LogP contribution in [-0.4, -0.2) is 19.6 Å². The average molecular weight is 250 g/mol. The molecule has 0 atom stereocenters. The summed E-state index contributed by atoms with van der Waals surface area (Å²) in [6.45, 7) is 4.86. The molecule has 0 heterocycles. The van der Waals surface area contributed by atoms with Gasteiger partial charge in [-0.15, -0.1) is 0 Å². The second-order valence-electron chi connectivity index (χ2n) is 4.48. The van der Waals surface area contributed by atoms with Gasteiger partial charge in [-0.1, -0.05) is 26.0 Å². The smallest absolute Gasteiger partial charge is 0.234 e. The molecule has 0 fully saturated rings. The van der Waals surface area contributed by atoms with Crippen LogP contribution in [-0.2, 0) is 4.79 Å². The molecule has 1 rings (SSSR count). The van der Waals surface area contributed by atoms with Crippen LogP contribution in [0, 0.1) is 0 Å². The van der Waals surface area contributed by atoms with E-state index in [2.05, 4.69) is 36.8 Å². The van der Waals surface area contributed by atoms with Crippen LogP contribution in [0.3, 0.4) is 0 Å². The summed E-state index contributed by atoms with van der Waals surface area (Å²) < 4.78 is 5.62. The zero-order valence-corrected chi connectivity index (χ0v) is 11.3. The molecule has 0 spiro atoms. The Morgan fingerprint density at radius 1 is 1.39 bits per heavy atom. The second kappa shape index (κ2) is 7.71. The topological polar surface area (TPSA) is 50.4 Å². The van der Waals surface area contributed by atoms with E-state index in [0.717, 1.165) is 5.75 Å². The molecule has 18 heavy (non-hydrogen) atoms. The first-order valence-corrected chi connectivity index (χ1v) is 6.32. The van der Waals surface area contributed by atoms with Crippen molar-refractivity contribution in [1.82, 2.24) is 10.9 Å². The van der Waals surface area contributed by atoms with E-state index in [1.807, 2.05) is 12.1 Å². The summed E-state index contributed by atoms with van der Waals surface area (Å²) in [5.41, 5.74) is 6.39. The first-order valence-electron chi connectivity index (χ1n) is 6.32. The Kier molecular flexibility index (Phi) is 6.22. The fourth-order valence-corrected chi connectivity index (χ4v) is 1.59. The van der Waals surface area contributed by atoms with Gasteiger partial charge < -0.3 is 4.74 Å². The fourth-order valence-electron chi connectivity index (χ4n) is 1.59. The Labute approximate surface area is 109 Å². The summed E-state index contributed by atoms with van der Waals surface area (Å²) in [6.07, 6.45) is 1.17. The van der Waals surface area contributed by atoms with Crippen LogP contribution >= 0.6 is 0 Å². The molecule has 1 amide bonds. The monoisotopic (exact) mass is 250 g/mol. The van der Waals surface area contributed by atoms with Gasteiger partial charge in [0.05, 0.1) is 6.61 Å². The van der Waals surface area contributed by atoms with E-state index >= 15 is 0 Å². The third-order valence-corrected chi connectivity index (χ3v) is 2.61. The first-order chi connectivity index (χ1) is 8.63. The lowest BCUT2D eigenvalue weighted by atomic mass is 10.0. The van der Waals surface area contributed by atoms with Gasteiger partial charge >= 0.3 is 0 Å². The quantitative estimate of drug-likeness (QED) is 0.576. The molecule has 1 aromatic rings. The molecule has 0 unspecified atom stereocenters. The minimum Gasteiger partial charge on any atom is -0.494 e. The predicted molar refractivity (Wildman–Crippen MR) is 72.5 cm³/mol. The van der Waals surface area contributed by atoms with Crippen LogP contribution in [0.4, 0.5) is 0 Å². The van der Waals surface area contributed by atoms with Gasteiger partial charge in [0.15, 0.2) is 0 Å². The summed E-state index contributed by atoms with van der Waals surface area (Å²) >= 11 is 0. The van der Waals surface area contributed by atoms with E-state index in [1.165, 1.54) is 5.56 Å². The summed E-state index contributed by atoms with van der Waals surface area (Å²) in [4.78, 5) is 11.2. The molecule has 0 aliphatic carbocycles.